The molecule has 1 unspecified atom stereocenters. The van der Waals surface area contributed by atoms with Crippen LogP contribution in [0.1, 0.15) is 34.6 Å². The van der Waals surface area contributed by atoms with Crippen LogP contribution in [-0.2, 0) is 9.94 Å². The van der Waals surface area contributed by atoms with Gasteiger partial charge >= 0.3 is 0 Å². The molecule has 1 atom stereocenters. The van der Waals surface area contributed by atoms with E-state index in [9.17, 15) is 4.39 Å². The summed E-state index contributed by atoms with van der Waals surface area (Å²) < 4.78 is 19.9. The summed E-state index contributed by atoms with van der Waals surface area (Å²) in [7, 11) is 0. The predicted molar refractivity (Wildman–Crippen MR) is 118 cm³/mol. The van der Waals surface area contributed by atoms with Crippen molar-refractivity contribution in [1.29, 1.82) is 0 Å². The smallest absolute Gasteiger partial charge is 0.124 e. The highest BCUT2D eigenvalue weighted by Crippen LogP contribution is 2.37. The molecule has 1 aromatic heterocycles. The van der Waals surface area contributed by atoms with Crippen LogP contribution < -0.4 is 0 Å². The minimum atomic E-state index is -0.195. The Morgan fingerprint density at radius 2 is 2.00 bits per heavy atom. The number of nitrogens with one attached hydrogen (secondary N) is 1. The van der Waals surface area contributed by atoms with E-state index in [-0.39, 0.29) is 11.7 Å². The normalized spacial score (nSPS) is 12.6. The summed E-state index contributed by atoms with van der Waals surface area (Å²) in [4.78, 5) is 3.39. The number of halogens is 2. The minimum Gasteiger partial charge on any atom is -0.361 e. The molecule has 2 nitrogen and oxygen atoms in total. The monoisotopic (exact) mass is 423 g/mol. The van der Waals surface area contributed by atoms with Gasteiger partial charge in [0.15, 0.2) is 0 Å². The van der Waals surface area contributed by atoms with Crippen molar-refractivity contribution in [1.82, 2.24) is 4.98 Å². The van der Waals surface area contributed by atoms with Gasteiger partial charge in [-0.15, -0.1) is 0 Å². The Hall–Kier alpha value is -1.14. The standard InChI is InChI=1S/C21H23ClFNOS2/c1-13-8-15(22)4-5-17(13)18(6-7-25-27-3)20-11-24-21-14(12-26-2)9-16(23)10-19(20)21/h4-5,8-11,18,24H,6-7,12H2,1-3H3. The number of hydrogen-bond acceptors (Lipinski definition) is 3. The third-order valence-electron chi connectivity index (χ3n) is 4.76. The largest absolute Gasteiger partial charge is 0.361 e. The van der Waals surface area contributed by atoms with Crippen LogP contribution in [0.25, 0.3) is 10.9 Å². The topological polar surface area (TPSA) is 25.0 Å². The average Bonchev–Trinajstić information content (AvgIpc) is 3.03. The molecule has 1 heterocycles. The van der Waals surface area contributed by atoms with Gasteiger partial charge in [0, 0.05) is 40.0 Å². The van der Waals surface area contributed by atoms with Crippen LogP contribution in [0.15, 0.2) is 36.5 Å². The molecule has 0 fully saturated rings. The molecule has 0 bridgehead atoms. The highest BCUT2D eigenvalue weighted by Gasteiger charge is 2.21. The van der Waals surface area contributed by atoms with Crippen LogP contribution in [0.3, 0.4) is 0 Å². The fraction of sp³-hybridized carbons (Fsp3) is 0.333. The minimum absolute atomic E-state index is 0.104. The van der Waals surface area contributed by atoms with Crippen molar-refractivity contribution in [2.24, 2.45) is 0 Å². The van der Waals surface area contributed by atoms with E-state index in [0.29, 0.717) is 6.61 Å². The summed E-state index contributed by atoms with van der Waals surface area (Å²) in [6, 6.07) is 9.23. The lowest BCUT2D eigenvalue weighted by molar-refractivity contribution is 0.357. The maximum atomic E-state index is 14.3. The molecule has 0 saturated heterocycles. The number of aryl methyl sites for hydroxylation is 1. The molecule has 0 amide bonds. The lowest BCUT2D eigenvalue weighted by Crippen LogP contribution is -2.06. The molecule has 6 heteroatoms. The first-order chi connectivity index (χ1) is 13.0. The van der Waals surface area contributed by atoms with Crippen molar-refractivity contribution in [3.05, 3.63) is 69.6 Å². The number of H-pyrrole nitrogens is 1. The molecular weight excluding hydrogens is 401 g/mol. The number of hydrogen-bond donors (Lipinski definition) is 1. The fourth-order valence-corrected chi connectivity index (χ4v) is 4.63. The number of aromatic amines is 1. The summed E-state index contributed by atoms with van der Waals surface area (Å²) >= 11 is 9.21. The number of fused-ring (bicyclic) bond motifs is 1. The number of benzene rings is 2. The van der Waals surface area contributed by atoms with Gasteiger partial charge in [0.2, 0.25) is 0 Å². The maximum absolute atomic E-state index is 14.3. The number of aromatic nitrogens is 1. The fourth-order valence-electron chi connectivity index (χ4n) is 3.60. The summed E-state index contributed by atoms with van der Waals surface area (Å²) in [6.07, 6.45) is 6.77. The molecule has 2 aromatic carbocycles. The van der Waals surface area contributed by atoms with Crippen LogP contribution in [0, 0.1) is 12.7 Å². The van der Waals surface area contributed by atoms with Crippen molar-refractivity contribution in [3.63, 3.8) is 0 Å². The zero-order chi connectivity index (χ0) is 19.4. The van der Waals surface area contributed by atoms with E-state index < -0.39 is 0 Å². The van der Waals surface area contributed by atoms with Crippen molar-refractivity contribution < 1.29 is 8.57 Å². The van der Waals surface area contributed by atoms with Crippen LogP contribution in [-0.4, -0.2) is 24.1 Å². The van der Waals surface area contributed by atoms with E-state index in [4.69, 9.17) is 15.8 Å². The molecular formula is C21H23ClFNOS2. The van der Waals surface area contributed by atoms with E-state index in [1.807, 2.05) is 30.8 Å². The van der Waals surface area contributed by atoms with Gasteiger partial charge in [0.1, 0.15) is 5.82 Å². The Labute approximate surface area is 173 Å². The first kappa shape index (κ1) is 20.6. The number of thioether (sulfide) groups is 1. The van der Waals surface area contributed by atoms with E-state index in [2.05, 4.69) is 18.0 Å². The van der Waals surface area contributed by atoms with Gasteiger partial charge in [-0.25, -0.2) is 4.39 Å². The van der Waals surface area contributed by atoms with E-state index in [0.717, 1.165) is 44.8 Å². The molecule has 0 spiro atoms. The van der Waals surface area contributed by atoms with Crippen LogP contribution in [0.2, 0.25) is 5.02 Å². The lowest BCUT2D eigenvalue weighted by Gasteiger charge is -2.20. The summed E-state index contributed by atoms with van der Waals surface area (Å²) in [5.41, 5.74) is 5.44. The van der Waals surface area contributed by atoms with Crippen LogP contribution in [0.5, 0.6) is 0 Å². The highest BCUT2D eigenvalue weighted by atomic mass is 35.5. The molecule has 0 aliphatic carbocycles. The third-order valence-corrected chi connectivity index (χ3v) is 6.00. The van der Waals surface area contributed by atoms with Gasteiger partial charge in [-0.05, 0) is 78.2 Å². The molecule has 27 heavy (non-hydrogen) atoms. The van der Waals surface area contributed by atoms with Gasteiger partial charge in [0.25, 0.3) is 0 Å². The average molecular weight is 424 g/mol. The van der Waals surface area contributed by atoms with Crippen molar-refractivity contribution in [3.8, 4) is 0 Å². The van der Waals surface area contributed by atoms with Crippen molar-refractivity contribution in [2.45, 2.75) is 25.0 Å². The molecule has 144 valence electrons. The second kappa shape index (κ2) is 9.37. The second-order valence-electron chi connectivity index (χ2n) is 6.50. The molecule has 0 aliphatic rings. The maximum Gasteiger partial charge on any atom is 0.124 e. The zero-order valence-electron chi connectivity index (χ0n) is 15.6. The van der Waals surface area contributed by atoms with Gasteiger partial charge in [0.05, 0.1) is 6.61 Å². The molecule has 1 N–H and O–H groups in total. The van der Waals surface area contributed by atoms with Crippen molar-refractivity contribution in [2.75, 3.05) is 19.1 Å². The van der Waals surface area contributed by atoms with Gasteiger partial charge in [-0.2, -0.15) is 11.8 Å². The van der Waals surface area contributed by atoms with Gasteiger partial charge in [-0.3, -0.25) is 0 Å². The second-order valence-corrected chi connectivity index (χ2v) is 8.37. The van der Waals surface area contributed by atoms with Crippen LogP contribution >= 0.6 is 35.4 Å². The Morgan fingerprint density at radius 3 is 2.70 bits per heavy atom. The van der Waals surface area contributed by atoms with E-state index >= 15 is 0 Å². The highest BCUT2D eigenvalue weighted by molar-refractivity contribution is 7.97. The molecule has 0 aliphatic heterocycles. The first-order valence-electron chi connectivity index (χ1n) is 8.75. The number of rotatable bonds is 8. The zero-order valence-corrected chi connectivity index (χ0v) is 18.0. The summed E-state index contributed by atoms with van der Waals surface area (Å²) in [6.45, 7) is 2.69. The summed E-state index contributed by atoms with van der Waals surface area (Å²) in [5.74, 6) is 0.681. The Kier molecular flexibility index (Phi) is 7.15. The first-order valence-corrected chi connectivity index (χ1v) is 11.7. The third kappa shape index (κ3) is 4.65. The Balaban J connectivity index is 2.11. The van der Waals surface area contributed by atoms with Gasteiger partial charge in [-0.1, -0.05) is 17.7 Å². The SMILES string of the molecule is CSCc1cc(F)cc2c(C(CCOSC)c3ccc(Cl)cc3C)c[nH]c12. The van der Waals surface area contributed by atoms with E-state index in [1.165, 1.54) is 17.6 Å². The quantitative estimate of drug-likeness (QED) is 0.313. The Bertz CT molecular complexity index is 928. The molecule has 3 aromatic rings. The van der Waals surface area contributed by atoms with Crippen molar-refractivity contribution >= 4 is 46.3 Å². The molecule has 0 radical (unpaired) electrons. The van der Waals surface area contributed by atoms with Crippen LogP contribution in [0.4, 0.5) is 4.39 Å². The molecule has 3 rings (SSSR count). The Morgan fingerprint density at radius 1 is 1.19 bits per heavy atom. The predicted octanol–water partition coefficient (Wildman–Crippen LogP) is 6.95. The van der Waals surface area contributed by atoms with Gasteiger partial charge < -0.3 is 9.17 Å². The molecule has 0 saturated carbocycles. The van der Waals surface area contributed by atoms with E-state index in [1.54, 1.807) is 23.9 Å². The summed E-state index contributed by atoms with van der Waals surface area (Å²) in [5, 5.41) is 1.67. The lowest BCUT2D eigenvalue weighted by atomic mass is 9.86.